The number of rotatable bonds is 10. The van der Waals surface area contributed by atoms with Gasteiger partial charge in [0, 0.05) is 13.0 Å². The van der Waals surface area contributed by atoms with Gasteiger partial charge in [-0.1, -0.05) is 34.6 Å². The fourth-order valence-electron chi connectivity index (χ4n) is 2.35. The molecule has 0 saturated carbocycles. The Morgan fingerprint density at radius 1 is 1.11 bits per heavy atom. The molecular weight excluding hydrogens is 266 g/mol. The Kier molecular flexibility index (Phi) is 8.32. The van der Waals surface area contributed by atoms with Crippen molar-refractivity contribution in [2.45, 2.75) is 77.6 Å². The minimum Gasteiger partial charge on any atom is -0.408 e. The largest absolute Gasteiger partial charge is 0.408 e. The highest BCUT2D eigenvalue weighted by Crippen LogP contribution is 2.34. The average molecular weight is 296 g/mol. The van der Waals surface area contributed by atoms with Gasteiger partial charge in [0.1, 0.15) is 6.10 Å². The normalized spacial score (nSPS) is 15.0. The number of aliphatic hydroxyl groups is 1. The van der Waals surface area contributed by atoms with Gasteiger partial charge in [0.15, 0.2) is 8.32 Å². The van der Waals surface area contributed by atoms with Gasteiger partial charge < -0.3 is 9.53 Å². The molecule has 5 heteroatoms. The van der Waals surface area contributed by atoms with E-state index in [1.807, 2.05) is 34.6 Å². The topological polar surface area (TPSA) is 29.5 Å². The number of aliphatic hydroxyl groups excluding tert-OH is 1. The standard InChI is InChI=1S/C14H30F2O2Si/c1-6-19(7-2,8-3)18-13(11-12(4)5)14(15,16)9-10-17/h12-13,17H,6-11H2,1-5H3. The molecule has 0 heterocycles. The Morgan fingerprint density at radius 3 is 1.89 bits per heavy atom. The van der Waals surface area contributed by atoms with E-state index >= 15 is 0 Å². The van der Waals surface area contributed by atoms with Crippen molar-refractivity contribution in [3.63, 3.8) is 0 Å². The summed E-state index contributed by atoms with van der Waals surface area (Å²) in [5.74, 6) is -2.77. The van der Waals surface area contributed by atoms with Gasteiger partial charge in [-0.05, 0) is 30.5 Å². The lowest BCUT2D eigenvalue weighted by Gasteiger charge is -2.37. The highest BCUT2D eigenvalue weighted by atomic mass is 28.4. The third-order valence-electron chi connectivity index (χ3n) is 3.93. The Bertz CT molecular complexity index is 235. The maximum atomic E-state index is 14.1. The van der Waals surface area contributed by atoms with Crippen LogP contribution in [0, 0.1) is 5.92 Å². The summed E-state index contributed by atoms with van der Waals surface area (Å²) >= 11 is 0. The van der Waals surface area contributed by atoms with Gasteiger partial charge in [0.05, 0.1) is 0 Å². The molecule has 0 aliphatic rings. The summed E-state index contributed by atoms with van der Waals surface area (Å²) in [6.45, 7) is 9.47. The third kappa shape index (κ3) is 5.88. The van der Waals surface area contributed by atoms with Gasteiger partial charge >= 0.3 is 0 Å². The Morgan fingerprint density at radius 2 is 1.58 bits per heavy atom. The second-order valence-electron chi connectivity index (χ2n) is 5.71. The maximum Gasteiger partial charge on any atom is 0.274 e. The van der Waals surface area contributed by atoms with E-state index in [0.717, 1.165) is 18.1 Å². The van der Waals surface area contributed by atoms with Crippen LogP contribution < -0.4 is 0 Å². The monoisotopic (exact) mass is 296 g/mol. The zero-order chi connectivity index (χ0) is 15.1. The molecule has 116 valence electrons. The van der Waals surface area contributed by atoms with E-state index in [2.05, 4.69) is 0 Å². The van der Waals surface area contributed by atoms with Gasteiger partial charge in [-0.2, -0.15) is 0 Å². The first-order valence-corrected chi connectivity index (χ1v) is 9.96. The third-order valence-corrected chi connectivity index (χ3v) is 8.58. The summed E-state index contributed by atoms with van der Waals surface area (Å²) in [7, 11) is -2.05. The van der Waals surface area contributed by atoms with Crippen LogP contribution in [0.2, 0.25) is 18.1 Å². The summed E-state index contributed by atoms with van der Waals surface area (Å²) in [6, 6.07) is 2.59. The van der Waals surface area contributed by atoms with Crippen LogP contribution in [-0.4, -0.2) is 32.1 Å². The van der Waals surface area contributed by atoms with E-state index in [-0.39, 0.29) is 5.92 Å². The van der Waals surface area contributed by atoms with Crippen LogP contribution in [-0.2, 0) is 4.43 Å². The fourth-order valence-corrected chi connectivity index (χ4v) is 5.22. The zero-order valence-corrected chi connectivity index (χ0v) is 14.0. The van der Waals surface area contributed by atoms with Crippen LogP contribution in [0.4, 0.5) is 8.78 Å². The lowest BCUT2D eigenvalue weighted by Crippen LogP contribution is -2.47. The van der Waals surface area contributed by atoms with Crippen molar-refractivity contribution in [3.05, 3.63) is 0 Å². The minimum absolute atomic E-state index is 0.159. The van der Waals surface area contributed by atoms with Crippen molar-refractivity contribution in [1.29, 1.82) is 0 Å². The van der Waals surface area contributed by atoms with Crippen LogP contribution in [0.25, 0.3) is 0 Å². The summed E-state index contributed by atoms with van der Waals surface area (Å²) in [6.07, 6.45) is -1.21. The molecular formula is C14H30F2O2Si. The first kappa shape index (κ1) is 19.0. The predicted octanol–water partition coefficient (Wildman–Crippen LogP) is 4.44. The van der Waals surface area contributed by atoms with Gasteiger partial charge in [0.2, 0.25) is 0 Å². The molecule has 0 fully saturated rings. The van der Waals surface area contributed by atoms with Crippen molar-refractivity contribution in [2.24, 2.45) is 5.92 Å². The first-order valence-electron chi connectivity index (χ1n) is 7.43. The molecule has 1 N–H and O–H groups in total. The van der Waals surface area contributed by atoms with Gasteiger partial charge in [-0.25, -0.2) is 8.78 Å². The van der Waals surface area contributed by atoms with Gasteiger partial charge in [-0.3, -0.25) is 0 Å². The summed E-state index contributed by atoms with van der Waals surface area (Å²) in [5.41, 5.74) is 0. The zero-order valence-electron chi connectivity index (χ0n) is 13.0. The van der Waals surface area contributed by atoms with E-state index < -0.39 is 33.4 Å². The average Bonchev–Trinajstić information content (AvgIpc) is 2.34. The van der Waals surface area contributed by atoms with E-state index in [1.54, 1.807) is 0 Å². The molecule has 1 unspecified atom stereocenters. The van der Waals surface area contributed by atoms with Crippen molar-refractivity contribution >= 4 is 8.32 Å². The second-order valence-corrected chi connectivity index (χ2v) is 10.4. The predicted molar refractivity (Wildman–Crippen MR) is 78.2 cm³/mol. The van der Waals surface area contributed by atoms with Crippen LogP contribution in [0.5, 0.6) is 0 Å². The van der Waals surface area contributed by atoms with Crippen molar-refractivity contribution in [2.75, 3.05) is 6.61 Å². The summed E-state index contributed by atoms with van der Waals surface area (Å²) in [4.78, 5) is 0. The SMILES string of the molecule is CC[Si](CC)(CC)OC(CC(C)C)C(F)(F)CCO. The van der Waals surface area contributed by atoms with Crippen molar-refractivity contribution in [3.8, 4) is 0 Å². The molecule has 2 nitrogen and oxygen atoms in total. The molecule has 0 saturated heterocycles. The highest BCUT2D eigenvalue weighted by molar-refractivity contribution is 6.73. The lowest BCUT2D eigenvalue weighted by molar-refractivity contribution is -0.118. The molecule has 0 aromatic carbocycles. The number of alkyl halides is 2. The quantitative estimate of drug-likeness (QED) is 0.604. The van der Waals surface area contributed by atoms with Crippen molar-refractivity contribution in [1.82, 2.24) is 0 Å². The molecule has 0 bridgehead atoms. The smallest absolute Gasteiger partial charge is 0.274 e. The van der Waals surface area contributed by atoms with Crippen LogP contribution in [0.1, 0.15) is 47.5 Å². The van der Waals surface area contributed by atoms with Crippen LogP contribution >= 0.6 is 0 Å². The molecule has 19 heavy (non-hydrogen) atoms. The molecule has 0 aliphatic carbocycles. The first-order chi connectivity index (χ1) is 8.76. The number of halogens is 2. The van der Waals surface area contributed by atoms with Gasteiger partial charge in [0.25, 0.3) is 5.92 Å². The van der Waals surface area contributed by atoms with Crippen molar-refractivity contribution < 1.29 is 18.3 Å². The summed E-state index contributed by atoms with van der Waals surface area (Å²) < 4.78 is 34.2. The van der Waals surface area contributed by atoms with E-state index in [9.17, 15) is 8.78 Å². The van der Waals surface area contributed by atoms with Crippen LogP contribution in [0.15, 0.2) is 0 Å². The Balaban J connectivity index is 5.04. The Labute approximate surface area is 117 Å². The fraction of sp³-hybridized carbons (Fsp3) is 1.00. The molecule has 0 aromatic heterocycles. The van der Waals surface area contributed by atoms with E-state index in [1.165, 1.54) is 0 Å². The minimum atomic E-state index is -2.93. The lowest BCUT2D eigenvalue weighted by atomic mass is 9.99. The second kappa shape index (κ2) is 8.32. The molecule has 0 spiro atoms. The molecule has 0 rings (SSSR count). The number of hydrogen-bond acceptors (Lipinski definition) is 2. The maximum absolute atomic E-state index is 14.1. The molecule has 1 atom stereocenters. The molecule has 0 aromatic rings. The molecule has 0 radical (unpaired) electrons. The Hall–Kier alpha value is -0.00312. The molecule has 0 aliphatic heterocycles. The van der Waals surface area contributed by atoms with E-state index in [0.29, 0.717) is 6.42 Å². The van der Waals surface area contributed by atoms with Crippen LogP contribution in [0.3, 0.4) is 0 Å². The summed E-state index contributed by atoms with van der Waals surface area (Å²) in [5, 5.41) is 8.83. The van der Waals surface area contributed by atoms with E-state index in [4.69, 9.17) is 9.53 Å². The van der Waals surface area contributed by atoms with Gasteiger partial charge in [-0.15, -0.1) is 0 Å². The molecule has 0 amide bonds. The highest BCUT2D eigenvalue weighted by Gasteiger charge is 2.44. The number of hydrogen-bond donors (Lipinski definition) is 1.